The van der Waals surface area contributed by atoms with Gasteiger partial charge in [0, 0.05) is 16.3 Å². The predicted molar refractivity (Wildman–Crippen MR) is 136 cm³/mol. The van der Waals surface area contributed by atoms with Crippen molar-refractivity contribution in [3.05, 3.63) is 58.1 Å². The lowest BCUT2D eigenvalue weighted by Gasteiger charge is -2.35. The summed E-state index contributed by atoms with van der Waals surface area (Å²) in [7, 11) is -0.114. The Hall–Kier alpha value is -1.54. The minimum Gasteiger partial charge on any atom is -0.507 e. The van der Waals surface area contributed by atoms with Gasteiger partial charge in [0.05, 0.1) is 5.56 Å². The van der Waals surface area contributed by atoms with Crippen LogP contribution in [-0.2, 0) is 16.7 Å². The molecule has 184 valence electrons. The molecule has 0 spiro atoms. The molecular formula is C28H40F3OP. The first kappa shape index (κ1) is 27.7. The minimum atomic E-state index is -4.40. The summed E-state index contributed by atoms with van der Waals surface area (Å²) < 4.78 is 41.4. The normalized spacial score (nSPS) is 15.7. The molecule has 33 heavy (non-hydrogen) atoms. The summed E-state index contributed by atoms with van der Waals surface area (Å²) in [6, 6.07) is 8.40. The molecule has 0 bridgehead atoms. The second-order valence-electron chi connectivity index (χ2n) is 10.5. The fourth-order valence-corrected chi connectivity index (χ4v) is 6.68. The quantitative estimate of drug-likeness (QED) is 0.356. The van der Waals surface area contributed by atoms with Gasteiger partial charge in [0.1, 0.15) is 5.75 Å². The van der Waals surface area contributed by atoms with E-state index in [9.17, 15) is 18.3 Å². The van der Waals surface area contributed by atoms with Crippen LogP contribution >= 0.6 is 8.58 Å². The maximum atomic E-state index is 13.8. The Kier molecular flexibility index (Phi) is 8.72. The number of halogens is 3. The van der Waals surface area contributed by atoms with Gasteiger partial charge in [-0.2, -0.15) is 13.2 Å². The Morgan fingerprint density at radius 3 is 2.12 bits per heavy atom. The van der Waals surface area contributed by atoms with Crippen LogP contribution in [0.15, 0.2) is 30.3 Å². The van der Waals surface area contributed by atoms with Gasteiger partial charge in [0.25, 0.3) is 0 Å². The second-order valence-corrected chi connectivity index (χ2v) is 12.3. The maximum Gasteiger partial charge on any atom is 0.417 e. The van der Waals surface area contributed by atoms with E-state index in [1.807, 2.05) is 32.9 Å². The molecule has 2 aromatic carbocycles. The van der Waals surface area contributed by atoms with Crippen molar-refractivity contribution < 1.29 is 18.3 Å². The van der Waals surface area contributed by atoms with Gasteiger partial charge in [-0.1, -0.05) is 92.8 Å². The monoisotopic (exact) mass is 480 g/mol. The topological polar surface area (TPSA) is 20.2 Å². The van der Waals surface area contributed by atoms with Crippen LogP contribution in [0.3, 0.4) is 0 Å². The van der Waals surface area contributed by atoms with Crippen molar-refractivity contribution in [3.8, 4) is 5.75 Å². The Labute approximate surface area is 200 Å². The van der Waals surface area contributed by atoms with Crippen LogP contribution in [0.2, 0.25) is 0 Å². The molecule has 1 N–H and O–H groups in total. The zero-order valence-corrected chi connectivity index (χ0v) is 22.4. The second kappa shape index (κ2) is 10.4. The molecule has 0 saturated heterocycles. The predicted octanol–water partition coefficient (Wildman–Crippen LogP) is 8.76. The zero-order valence-electron chi connectivity index (χ0n) is 21.4. The molecule has 0 aliphatic heterocycles. The van der Waals surface area contributed by atoms with Crippen molar-refractivity contribution in [2.24, 2.45) is 5.92 Å². The molecule has 2 aromatic rings. The molecule has 0 aromatic heterocycles. The number of rotatable bonds is 9. The number of aryl methyl sites for hydroxylation is 2. The Morgan fingerprint density at radius 1 is 0.970 bits per heavy atom. The maximum absolute atomic E-state index is 13.8. The summed E-state index contributed by atoms with van der Waals surface area (Å²) >= 11 is 0. The van der Waals surface area contributed by atoms with E-state index in [4.69, 9.17) is 0 Å². The summed E-state index contributed by atoms with van der Waals surface area (Å²) in [5, 5.41) is 11.2. The van der Waals surface area contributed by atoms with E-state index >= 15 is 0 Å². The van der Waals surface area contributed by atoms with Gasteiger partial charge >= 0.3 is 6.18 Å². The van der Waals surface area contributed by atoms with Gasteiger partial charge in [-0.3, -0.25) is 0 Å². The third-order valence-electron chi connectivity index (χ3n) is 6.90. The first-order valence-corrected chi connectivity index (χ1v) is 13.0. The average Bonchev–Trinajstić information content (AvgIpc) is 2.69. The highest BCUT2D eigenvalue weighted by Gasteiger charge is 2.38. The van der Waals surface area contributed by atoms with Gasteiger partial charge in [-0.05, 0) is 55.0 Å². The summed E-state index contributed by atoms with van der Waals surface area (Å²) in [6.07, 6.45) is -0.585. The van der Waals surface area contributed by atoms with Crippen molar-refractivity contribution in [2.45, 2.75) is 97.8 Å². The van der Waals surface area contributed by atoms with E-state index in [2.05, 4.69) is 27.7 Å². The number of hydrogen-bond donors (Lipinski definition) is 1. The smallest absolute Gasteiger partial charge is 0.417 e. The lowest BCUT2D eigenvalue weighted by Crippen LogP contribution is -2.26. The first-order chi connectivity index (χ1) is 15.2. The van der Waals surface area contributed by atoms with E-state index in [1.54, 1.807) is 13.0 Å². The Morgan fingerprint density at radius 2 is 1.58 bits per heavy atom. The molecule has 0 amide bonds. The highest BCUT2D eigenvalue weighted by atomic mass is 31.1. The largest absolute Gasteiger partial charge is 0.507 e. The minimum absolute atomic E-state index is 0.114. The van der Waals surface area contributed by atoms with E-state index in [0.29, 0.717) is 23.2 Å². The van der Waals surface area contributed by atoms with Crippen molar-refractivity contribution in [1.29, 1.82) is 0 Å². The molecule has 0 saturated carbocycles. The van der Waals surface area contributed by atoms with Gasteiger partial charge < -0.3 is 5.11 Å². The van der Waals surface area contributed by atoms with Crippen LogP contribution < -0.4 is 5.30 Å². The Bertz CT molecular complexity index is 964. The van der Waals surface area contributed by atoms with E-state index < -0.39 is 16.9 Å². The van der Waals surface area contributed by atoms with E-state index in [-0.39, 0.29) is 19.7 Å². The molecule has 0 radical (unpaired) electrons. The molecule has 3 unspecified atom stereocenters. The van der Waals surface area contributed by atoms with Gasteiger partial charge in [-0.25, -0.2) is 0 Å². The highest BCUT2D eigenvalue weighted by molar-refractivity contribution is 7.48. The highest BCUT2D eigenvalue weighted by Crippen LogP contribution is 2.51. The molecule has 2 rings (SSSR count). The van der Waals surface area contributed by atoms with Crippen LogP contribution in [0.5, 0.6) is 5.75 Å². The third kappa shape index (κ3) is 6.32. The molecule has 5 heteroatoms. The van der Waals surface area contributed by atoms with Gasteiger partial charge in [0.15, 0.2) is 0 Å². The standard InChI is InChI=1S/C28H40F3OP/c1-9-12-18(3)17-26(6,7)22-15-19(4)16-23(24(22)32)27(8,10-2)33-25-20(5)13-11-14-21(25)28(29,30)31/h11,13-16,18,32-33H,9-10,12,17H2,1-8H3. The number of phenols is 1. The molecule has 0 heterocycles. The van der Waals surface area contributed by atoms with E-state index in [1.165, 1.54) is 12.1 Å². The van der Waals surface area contributed by atoms with Crippen LogP contribution in [-0.4, -0.2) is 5.11 Å². The summed E-state index contributed by atoms with van der Waals surface area (Å²) in [5.74, 6) is 0.766. The average molecular weight is 481 g/mol. The number of phenolic OH excluding ortho intramolecular Hbond substituents is 1. The molecule has 0 aliphatic carbocycles. The summed E-state index contributed by atoms with van der Waals surface area (Å²) in [6.45, 7) is 16.5. The SMILES string of the molecule is CCCC(C)CC(C)(C)c1cc(C)cc(C(C)(CC)Pc2c(C)cccc2C(F)(F)F)c1O. The summed E-state index contributed by atoms with van der Waals surface area (Å²) in [5.41, 5.74) is 2.51. The summed E-state index contributed by atoms with van der Waals surface area (Å²) in [4.78, 5) is 0. The number of alkyl halides is 3. The van der Waals surface area contributed by atoms with Gasteiger partial charge in [0.2, 0.25) is 0 Å². The fourth-order valence-electron chi connectivity index (χ4n) is 4.98. The number of benzene rings is 2. The molecule has 1 nitrogen and oxygen atoms in total. The third-order valence-corrected chi connectivity index (χ3v) is 8.99. The first-order valence-electron chi connectivity index (χ1n) is 12.0. The molecule has 0 aliphatic rings. The van der Waals surface area contributed by atoms with Crippen molar-refractivity contribution >= 4 is 13.9 Å². The van der Waals surface area contributed by atoms with Crippen molar-refractivity contribution in [2.75, 3.05) is 0 Å². The van der Waals surface area contributed by atoms with Gasteiger partial charge in [-0.15, -0.1) is 0 Å². The zero-order chi connectivity index (χ0) is 25.2. The van der Waals surface area contributed by atoms with Crippen LogP contribution in [0.1, 0.15) is 95.0 Å². The van der Waals surface area contributed by atoms with Crippen molar-refractivity contribution in [3.63, 3.8) is 0 Å². The molecule has 3 atom stereocenters. The molecule has 0 fully saturated rings. The van der Waals surface area contributed by atoms with E-state index in [0.717, 1.165) is 36.0 Å². The Balaban J connectivity index is 2.62. The number of hydrogen-bond acceptors (Lipinski definition) is 1. The lowest BCUT2D eigenvalue weighted by molar-refractivity contribution is -0.136. The van der Waals surface area contributed by atoms with Crippen LogP contribution in [0.25, 0.3) is 0 Å². The molecular weight excluding hydrogens is 440 g/mol. The van der Waals surface area contributed by atoms with Crippen molar-refractivity contribution in [1.82, 2.24) is 0 Å². The number of aromatic hydroxyl groups is 1. The van der Waals surface area contributed by atoms with Crippen LogP contribution in [0, 0.1) is 19.8 Å². The lowest BCUT2D eigenvalue weighted by atomic mass is 9.74. The fraction of sp³-hybridized carbons (Fsp3) is 0.571. The van der Waals surface area contributed by atoms with Crippen LogP contribution in [0.4, 0.5) is 13.2 Å².